The predicted octanol–water partition coefficient (Wildman–Crippen LogP) is 3.88. The number of amides is 2. The lowest BCUT2D eigenvalue weighted by Gasteiger charge is -2.22. The van der Waals surface area contributed by atoms with Crippen molar-refractivity contribution in [3.63, 3.8) is 0 Å². The highest BCUT2D eigenvalue weighted by Gasteiger charge is 2.13. The summed E-state index contributed by atoms with van der Waals surface area (Å²) in [6.07, 6.45) is 8.02. The maximum atomic E-state index is 12.2. The van der Waals surface area contributed by atoms with Crippen LogP contribution in [0.5, 0.6) is 0 Å². The Bertz CT molecular complexity index is 810. The minimum atomic E-state index is -0.353. The van der Waals surface area contributed by atoms with Gasteiger partial charge in [-0.25, -0.2) is 4.79 Å². The van der Waals surface area contributed by atoms with Gasteiger partial charge < -0.3 is 19.9 Å². The molecule has 2 aromatic rings. The zero-order valence-electron chi connectivity index (χ0n) is 15.0. The Labute approximate surface area is 153 Å². The van der Waals surface area contributed by atoms with Crippen LogP contribution >= 0.6 is 0 Å². The van der Waals surface area contributed by atoms with E-state index in [1.807, 2.05) is 24.3 Å². The summed E-state index contributed by atoms with van der Waals surface area (Å²) in [6, 6.07) is 10.3. The lowest BCUT2D eigenvalue weighted by Crippen LogP contribution is -2.22. The Morgan fingerprint density at radius 3 is 2.65 bits per heavy atom. The summed E-state index contributed by atoms with van der Waals surface area (Å²) in [4.78, 5) is 23.5. The second-order valence-corrected chi connectivity index (χ2v) is 6.72. The Hall–Kier alpha value is -2.60. The van der Waals surface area contributed by atoms with Crippen molar-refractivity contribution in [1.29, 1.82) is 0 Å². The van der Waals surface area contributed by atoms with Gasteiger partial charge in [0.25, 0.3) is 0 Å². The van der Waals surface area contributed by atoms with Crippen molar-refractivity contribution in [1.82, 2.24) is 4.57 Å². The fourth-order valence-corrected chi connectivity index (χ4v) is 3.15. The molecule has 0 radical (unpaired) electrons. The molecular weight excluding hydrogens is 330 g/mol. The van der Waals surface area contributed by atoms with E-state index < -0.39 is 0 Å². The Morgan fingerprint density at radius 1 is 1.12 bits per heavy atom. The lowest BCUT2D eigenvalue weighted by molar-refractivity contribution is 0.0169. The predicted molar refractivity (Wildman–Crippen MR) is 102 cm³/mol. The number of urea groups is 1. The van der Waals surface area contributed by atoms with Crippen molar-refractivity contribution < 1.29 is 9.53 Å². The SMILES string of the molecule is Cn1cc(NC(=O)Nc2cccc(COC3CCCCC3)c2)ccc1=O. The smallest absolute Gasteiger partial charge is 0.323 e. The van der Waals surface area contributed by atoms with Gasteiger partial charge in [0.2, 0.25) is 5.56 Å². The summed E-state index contributed by atoms with van der Waals surface area (Å²) in [7, 11) is 1.64. The number of aromatic nitrogens is 1. The third-order valence-corrected chi connectivity index (χ3v) is 4.57. The van der Waals surface area contributed by atoms with Crippen molar-refractivity contribution in [2.45, 2.75) is 44.8 Å². The molecule has 1 aliphatic carbocycles. The maximum absolute atomic E-state index is 12.2. The maximum Gasteiger partial charge on any atom is 0.323 e. The number of nitrogens with one attached hydrogen (secondary N) is 2. The molecule has 2 amide bonds. The Kier molecular flexibility index (Phi) is 6.07. The molecule has 26 heavy (non-hydrogen) atoms. The number of aryl methyl sites for hydroxylation is 1. The highest BCUT2D eigenvalue weighted by Crippen LogP contribution is 2.22. The second-order valence-electron chi connectivity index (χ2n) is 6.72. The molecule has 1 heterocycles. The Morgan fingerprint density at radius 2 is 1.88 bits per heavy atom. The van der Waals surface area contributed by atoms with E-state index in [1.165, 1.54) is 29.9 Å². The summed E-state index contributed by atoms with van der Waals surface area (Å²) in [5, 5.41) is 5.53. The number of rotatable bonds is 5. The van der Waals surface area contributed by atoms with Gasteiger partial charge in [0.15, 0.2) is 0 Å². The van der Waals surface area contributed by atoms with Crippen LogP contribution < -0.4 is 16.2 Å². The fraction of sp³-hybridized carbons (Fsp3) is 0.400. The fourth-order valence-electron chi connectivity index (χ4n) is 3.15. The summed E-state index contributed by atoms with van der Waals surface area (Å²) >= 11 is 0. The van der Waals surface area contributed by atoms with Crippen LogP contribution in [0.25, 0.3) is 0 Å². The first-order chi connectivity index (χ1) is 12.6. The van der Waals surface area contributed by atoms with E-state index in [0.717, 1.165) is 18.4 Å². The summed E-state index contributed by atoms with van der Waals surface area (Å²) in [5.41, 5.74) is 2.18. The van der Waals surface area contributed by atoms with Crippen LogP contribution in [-0.2, 0) is 18.4 Å². The van der Waals surface area contributed by atoms with E-state index >= 15 is 0 Å². The number of hydrogen-bond donors (Lipinski definition) is 2. The zero-order valence-corrected chi connectivity index (χ0v) is 15.0. The third kappa shape index (κ3) is 5.20. The molecule has 0 aliphatic heterocycles. The third-order valence-electron chi connectivity index (χ3n) is 4.57. The van der Waals surface area contributed by atoms with Crippen LogP contribution in [0.3, 0.4) is 0 Å². The lowest BCUT2D eigenvalue weighted by atomic mass is 9.98. The number of carbonyl (C=O) groups is 1. The van der Waals surface area contributed by atoms with Gasteiger partial charge in [0, 0.05) is 25.0 Å². The number of carbonyl (C=O) groups excluding carboxylic acids is 1. The molecule has 138 valence electrons. The summed E-state index contributed by atoms with van der Waals surface area (Å²) in [6.45, 7) is 0.558. The van der Waals surface area contributed by atoms with Crippen LogP contribution in [0.15, 0.2) is 47.4 Å². The van der Waals surface area contributed by atoms with Gasteiger partial charge in [-0.15, -0.1) is 0 Å². The van der Waals surface area contributed by atoms with E-state index in [9.17, 15) is 9.59 Å². The molecule has 6 heteroatoms. The number of benzene rings is 1. The highest BCUT2D eigenvalue weighted by atomic mass is 16.5. The minimum Gasteiger partial charge on any atom is -0.374 e. The largest absolute Gasteiger partial charge is 0.374 e. The van der Waals surface area contributed by atoms with E-state index in [2.05, 4.69) is 10.6 Å². The van der Waals surface area contributed by atoms with Crippen molar-refractivity contribution in [3.05, 3.63) is 58.5 Å². The van der Waals surface area contributed by atoms with E-state index in [1.54, 1.807) is 19.3 Å². The van der Waals surface area contributed by atoms with Crippen molar-refractivity contribution in [2.75, 3.05) is 10.6 Å². The average Bonchev–Trinajstić information content (AvgIpc) is 2.64. The normalized spacial score (nSPS) is 14.8. The Balaban J connectivity index is 1.54. The second kappa shape index (κ2) is 8.67. The van der Waals surface area contributed by atoms with Gasteiger partial charge in [-0.3, -0.25) is 4.79 Å². The summed E-state index contributed by atoms with van der Waals surface area (Å²) < 4.78 is 7.40. The van der Waals surface area contributed by atoms with E-state index in [0.29, 0.717) is 24.1 Å². The van der Waals surface area contributed by atoms with Crippen LogP contribution in [0.1, 0.15) is 37.7 Å². The van der Waals surface area contributed by atoms with Gasteiger partial charge >= 0.3 is 6.03 Å². The first-order valence-corrected chi connectivity index (χ1v) is 9.05. The molecule has 1 aliphatic rings. The molecule has 1 aromatic carbocycles. The molecule has 0 atom stereocenters. The molecule has 3 rings (SSSR count). The van der Waals surface area contributed by atoms with Gasteiger partial charge in [-0.05, 0) is 36.6 Å². The van der Waals surface area contributed by atoms with Crippen molar-refractivity contribution in [3.8, 4) is 0 Å². The molecular formula is C20H25N3O3. The van der Waals surface area contributed by atoms with Gasteiger partial charge in [-0.1, -0.05) is 31.4 Å². The summed E-state index contributed by atoms with van der Waals surface area (Å²) in [5.74, 6) is 0. The van der Waals surface area contributed by atoms with Crippen molar-refractivity contribution in [2.24, 2.45) is 7.05 Å². The number of pyridine rings is 1. The van der Waals surface area contributed by atoms with Gasteiger partial charge in [0.05, 0.1) is 18.4 Å². The van der Waals surface area contributed by atoms with E-state index in [4.69, 9.17) is 4.74 Å². The van der Waals surface area contributed by atoms with Crippen LogP contribution in [0, 0.1) is 0 Å². The number of nitrogens with zero attached hydrogens (tertiary/aromatic N) is 1. The molecule has 0 unspecified atom stereocenters. The topological polar surface area (TPSA) is 72.4 Å². The average molecular weight is 355 g/mol. The first kappa shape index (κ1) is 18.2. The molecule has 2 N–H and O–H groups in total. The van der Waals surface area contributed by atoms with Gasteiger partial charge in [0.1, 0.15) is 0 Å². The molecule has 0 spiro atoms. The first-order valence-electron chi connectivity index (χ1n) is 9.05. The van der Waals surface area contributed by atoms with Crippen molar-refractivity contribution >= 4 is 17.4 Å². The number of ether oxygens (including phenoxy) is 1. The molecule has 1 fully saturated rings. The molecule has 6 nitrogen and oxygen atoms in total. The van der Waals surface area contributed by atoms with Crippen LogP contribution in [0.4, 0.5) is 16.2 Å². The highest BCUT2D eigenvalue weighted by molar-refractivity contribution is 5.99. The molecule has 1 aromatic heterocycles. The van der Waals surface area contributed by atoms with Crippen LogP contribution in [-0.4, -0.2) is 16.7 Å². The van der Waals surface area contributed by atoms with Crippen LogP contribution in [0.2, 0.25) is 0 Å². The monoisotopic (exact) mass is 355 g/mol. The standard InChI is InChI=1S/C20H25N3O3/c1-23-13-17(10-11-19(23)24)22-20(25)21-16-7-5-6-15(12-16)14-26-18-8-3-2-4-9-18/h5-7,10-13,18H,2-4,8-9,14H2,1H3,(H2,21,22,25). The van der Waals surface area contributed by atoms with Gasteiger partial charge in [-0.2, -0.15) is 0 Å². The number of hydrogen-bond acceptors (Lipinski definition) is 3. The quantitative estimate of drug-likeness (QED) is 0.855. The molecule has 0 saturated heterocycles. The minimum absolute atomic E-state index is 0.123. The number of anilines is 2. The van der Waals surface area contributed by atoms with E-state index in [-0.39, 0.29) is 11.6 Å². The molecule has 0 bridgehead atoms. The zero-order chi connectivity index (χ0) is 18.4. The molecule has 1 saturated carbocycles.